The molecule has 0 bridgehead atoms. The smallest absolute Gasteiger partial charge is 0.316 e. The molecule has 0 aliphatic carbocycles. The molecule has 0 fully saturated rings. The van der Waals surface area contributed by atoms with Gasteiger partial charge in [0.05, 0.1) is 11.4 Å². The summed E-state index contributed by atoms with van der Waals surface area (Å²) in [4.78, 5) is 22.3. The quantitative estimate of drug-likeness (QED) is 0.268. The summed E-state index contributed by atoms with van der Waals surface area (Å²) in [5.74, 6) is -7.12. The first-order valence-electron chi connectivity index (χ1n) is 7.68. The molecule has 4 nitrogen and oxygen atoms in total. The van der Waals surface area contributed by atoms with Gasteiger partial charge in [-0.15, -0.1) is 0 Å². The zero-order chi connectivity index (χ0) is 24.4. The standard InChI is InChI=1S/C16H6Br2F8N2O2S2/c17-5-1-7(19)9(27-13(29)15(21,22)23)3-11(5)31-32-12-4-10(8(20)2-6(12)18)28-14(30)16(24,25)26/h1-4H,(H,27,29)(H,28,30). The van der Waals surface area contributed by atoms with E-state index >= 15 is 0 Å². The molecular formula is C16H6Br2F8N2O2S2. The lowest BCUT2D eigenvalue weighted by atomic mass is 10.3. The summed E-state index contributed by atoms with van der Waals surface area (Å²) in [5.41, 5.74) is -1.54. The topological polar surface area (TPSA) is 58.2 Å². The molecule has 32 heavy (non-hydrogen) atoms. The van der Waals surface area contributed by atoms with Crippen LogP contribution in [0.5, 0.6) is 0 Å². The highest BCUT2D eigenvalue weighted by Gasteiger charge is 2.40. The van der Waals surface area contributed by atoms with Crippen LogP contribution in [0.25, 0.3) is 0 Å². The minimum absolute atomic E-state index is 0.0846. The molecule has 0 saturated heterocycles. The lowest BCUT2D eigenvalue weighted by Gasteiger charge is -2.13. The van der Waals surface area contributed by atoms with Gasteiger partial charge in [0.1, 0.15) is 11.6 Å². The molecule has 2 aromatic carbocycles. The van der Waals surface area contributed by atoms with Crippen molar-refractivity contribution in [1.82, 2.24) is 0 Å². The number of carbonyl (C=O) groups excluding carboxylic acids is 2. The molecular weight excluding hydrogens is 628 g/mol. The number of hydrogen-bond acceptors (Lipinski definition) is 4. The first kappa shape index (κ1) is 26.7. The summed E-state index contributed by atoms with van der Waals surface area (Å²) in [6, 6.07) is 3.38. The molecule has 0 radical (unpaired) electrons. The van der Waals surface area contributed by atoms with E-state index in [-0.39, 0.29) is 18.7 Å². The molecule has 0 heterocycles. The Morgan fingerprint density at radius 2 is 1.00 bits per heavy atom. The maximum Gasteiger partial charge on any atom is 0.471 e. The van der Waals surface area contributed by atoms with Gasteiger partial charge in [-0.3, -0.25) is 9.59 Å². The van der Waals surface area contributed by atoms with Crippen LogP contribution in [0.1, 0.15) is 0 Å². The Morgan fingerprint density at radius 1 is 0.688 bits per heavy atom. The Balaban J connectivity index is 2.26. The van der Waals surface area contributed by atoms with Crippen LogP contribution in [-0.2, 0) is 9.59 Å². The largest absolute Gasteiger partial charge is 0.471 e. The van der Waals surface area contributed by atoms with E-state index in [0.717, 1.165) is 45.9 Å². The Labute approximate surface area is 198 Å². The second kappa shape index (κ2) is 10.2. The van der Waals surface area contributed by atoms with Crippen molar-refractivity contribution in [2.45, 2.75) is 22.1 Å². The van der Waals surface area contributed by atoms with E-state index in [1.54, 1.807) is 0 Å². The Bertz CT molecular complexity index is 980. The Kier molecular flexibility index (Phi) is 8.50. The van der Waals surface area contributed by atoms with Gasteiger partial charge in [-0.25, -0.2) is 8.78 Å². The van der Waals surface area contributed by atoms with Gasteiger partial charge >= 0.3 is 24.2 Å². The van der Waals surface area contributed by atoms with Crippen molar-refractivity contribution in [3.05, 3.63) is 44.8 Å². The minimum atomic E-state index is -5.25. The summed E-state index contributed by atoms with van der Waals surface area (Å²) in [6.07, 6.45) is -10.5. The van der Waals surface area contributed by atoms with Gasteiger partial charge < -0.3 is 10.6 Å². The van der Waals surface area contributed by atoms with Crippen molar-refractivity contribution in [2.75, 3.05) is 10.6 Å². The van der Waals surface area contributed by atoms with Gasteiger partial charge in [-0.1, -0.05) is 21.6 Å². The molecule has 0 aromatic heterocycles. The number of nitrogens with one attached hydrogen (secondary N) is 2. The van der Waals surface area contributed by atoms with E-state index in [2.05, 4.69) is 31.9 Å². The molecule has 0 aliphatic heterocycles. The van der Waals surface area contributed by atoms with Gasteiger partial charge in [0.2, 0.25) is 0 Å². The number of hydrogen-bond donors (Lipinski definition) is 2. The van der Waals surface area contributed by atoms with E-state index in [0.29, 0.717) is 0 Å². The van der Waals surface area contributed by atoms with Crippen molar-refractivity contribution in [2.24, 2.45) is 0 Å². The average Bonchev–Trinajstić information content (AvgIpc) is 2.64. The highest BCUT2D eigenvalue weighted by molar-refractivity contribution is 9.11. The third-order valence-electron chi connectivity index (χ3n) is 3.28. The van der Waals surface area contributed by atoms with E-state index in [4.69, 9.17) is 0 Å². The molecule has 0 atom stereocenters. The summed E-state index contributed by atoms with van der Waals surface area (Å²) in [7, 11) is 1.59. The number of amides is 2. The van der Waals surface area contributed by atoms with Crippen molar-refractivity contribution >= 4 is 76.6 Å². The van der Waals surface area contributed by atoms with Gasteiger partial charge in [0, 0.05) is 18.7 Å². The number of halogens is 10. The minimum Gasteiger partial charge on any atom is -0.316 e. The van der Waals surface area contributed by atoms with Crippen molar-refractivity contribution in [3.63, 3.8) is 0 Å². The zero-order valence-electron chi connectivity index (χ0n) is 14.7. The van der Waals surface area contributed by atoms with Crippen LogP contribution < -0.4 is 10.6 Å². The molecule has 0 spiro atoms. The van der Waals surface area contributed by atoms with E-state index < -0.39 is 47.2 Å². The van der Waals surface area contributed by atoms with Crippen LogP contribution in [0.3, 0.4) is 0 Å². The predicted molar refractivity (Wildman–Crippen MR) is 109 cm³/mol. The molecule has 2 aromatic rings. The monoisotopic (exact) mass is 632 g/mol. The SMILES string of the molecule is O=C(Nc1cc(SSc2cc(NC(=O)C(F)(F)F)c(F)cc2Br)c(Br)cc1F)C(F)(F)F. The predicted octanol–water partition coefficient (Wildman–Crippen LogP) is 7.29. The van der Waals surface area contributed by atoms with Crippen LogP contribution in [0.4, 0.5) is 46.5 Å². The summed E-state index contributed by atoms with van der Waals surface area (Å²) in [5, 5.41) is 2.77. The molecule has 2 amide bonds. The maximum atomic E-state index is 13.9. The number of alkyl halides is 6. The van der Waals surface area contributed by atoms with Crippen LogP contribution in [0.2, 0.25) is 0 Å². The van der Waals surface area contributed by atoms with Gasteiger partial charge in [0.25, 0.3) is 0 Å². The third kappa shape index (κ3) is 6.99. The van der Waals surface area contributed by atoms with Gasteiger partial charge in [-0.2, -0.15) is 26.3 Å². The normalized spacial score (nSPS) is 11.9. The molecule has 16 heteroatoms. The highest BCUT2D eigenvalue weighted by Crippen LogP contribution is 2.46. The summed E-state index contributed by atoms with van der Waals surface area (Å²) in [6.45, 7) is 0. The first-order valence-corrected chi connectivity index (χ1v) is 11.4. The van der Waals surface area contributed by atoms with Gasteiger partial charge in [0.15, 0.2) is 0 Å². The molecule has 2 N–H and O–H groups in total. The lowest BCUT2D eigenvalue weighted by Crippen LogP contribution is -2.30. The number of benzene rings is 2. The lowest BCUT2D eigenvalue weighted by molar-refractivity contribution is -0.167. The van der Waals surface area contributed by atoms with Crippen LogP contribution >= 0.6 is 53.4 Å². The maximum absolute atomic E-state index is 13.9. The Morgan fingerprint density at radius 3 is 1.28 bits per heavy atom. The summed E-state index contributed by atoms with van der Waals surface area (Å²) >= 11 is 5.99. The fourth-order valence-electron chi connectivity index (χ4n) is 1.85. The first-order chi connectivity index (χ1) is 14.6. The van der Waals surface area contributed by atoms with Crippen molar-refractivity contribution in [1.29, 1.82) is 0 Å². The Hall–Kier alpha value is -1.52. The summed E-state index contributed by atoms with van der Waals surface area (Å²) < 4.78 is 102. The molecule has 174 valence electrons. The van der Waals surface area contributed by atoms with Crippen molar-refractivity contribution < 1.29 is 44.7 Å². The highest BCUT2D eigenvalue weighted by atomic mass is 79.9. The number of anilines is 2. The number of carbonyl (C=O) groups is 2. The third-order valence-corrected chi connectivity index (χ3v) is 7.56. The van der Waals surface area contributed by atoms with Crippen LogP contribution in [-0.4, -0.2) is 24.2 Å². The van der Waals surface area contributed by atoms with E-state index in [1.807, 2.05) is 0 Å². The van der Waals surface area contributed by atoms with Gasteiger partial charge in [-0.05, 0) is 56.1 Å². The second-order valence-corrected chi connectivity index (χ2v) is 9.52. The van der Waals surface area contributed by atoms with Crippen molar-refractivity contribution in [3.8, 4) is 0 Å². The molecule has 0 unspecified atom stereocenters. The average molecular weight is 634 g/mol. The zero-order valence-corrected chi connectivity index (χ0v) is 19.5. The molecule has 2 rings (SSSR count). The fourth-order valence-corrected chi connectivity index (χ4v) is 5.77. The second-order valence-electron chi connectivity index (χ2n) is 5.60. The fraction of sp³-hybridized carbons (Fsp3) is 0.125. The van der Waals surface area contributed by atoms with Crippen LogP contribution in [0, 0.1) is 11.6 Å². The molecule has 0 saturated carbocycles. The number of rotatable bonds is 5. The van der Waals surface area contributed by atoms with Crippen LogP contribution in [0.15, 0.2) is 43.0 Å². The molecule has 0 aliphatic rings. The van der Waals surface area contributed by atoms with E-state index in [9.17, 15) is 44.7 Å². The van der Waals surface area contributed by atoms with E-state index in [1.165, 1.54) is 10.6 Å².